The Morgan fingerprint density at radius 3 is 2.59 bits per heavy atom. The maximum atomic E-state index is 11.8. The summed E-state index contributed by atoms with van der Waals surface area (Å²) in [6.07, 6.45) is 5.63. The molecule has 0 aromatic carbocycles. The van der Waals surface area contributed by atoms with Gasteiger partial charge in [-0.15, -0.1) is 0 Å². The van der Waals surface area contributed by atoms with Crippen LogP contribution < -0.4 is 11.1 Å². The third-order valence-electron chi connectivity index (χ3n) is 3.78. The average Bonchev–Trinajstić information content (AvgIpc) is 2.83. The fourth-order valence-electron chi connectivity index (χ4n) is 2.55. The molecule has 17 heavy (non-hydrogen) atoms. The third-order valence-corrected chi connectivity index (χ3v) is 3.78. The molecule has 0 atom stereocenters. The van der Waals surface area contributed by atoms with Crippen LogP contribution in [0.1, 0.15) is 38.5 Å². The highest BCUT2D eigenvalue weighted by atomic mass is 16.6. The molecule has 1 heterocycles. The molecular formula is C12H22N2O3. The van der Waals surface area contributed by atoms with Crippen LogP contribution in [0.5, 0.6) is 0 Å². The number of rotatable bonds is 3. The molecule has 1 saturated heterocycles. The van der Waals surface area contributed by atoms with E-state index >= 15 is 0 Å². The van der Waals surface area contributed by atoms with Gasteiger partial charge in [0.1, 0.15) is 6.10 Å². The van der Waals surface area contributed by atoms with Crippen molar-refractivity contribution in [2.45, 2.75) is 50.2 Å². The van der Waals surface area contributed by atoms with E-state index in [2.05, 4.69) is 5.32 Å². The summed E-state index contributed by atoms with van der Waals surface area (Å²) in [5.74, 6) is 0. The van der Waals surface area contributed by atoms with E-state index in [4.69, 9.17) is 15.2 Å². The molecule has 98 valence electrons. The summed E-state index contributed by atoms with van der Waals surface area (Å²) < 4.78 is 10.7. The Morgan fingerprint density at radius 2 is 2.00 bits per heavy atom. The highest BCUT2D eigenvalue weighted by molar-refractivity contribution is 5.68. The lowest BCUT2D eigenvalue weighted by Gasteiger charge is -2.36. The van der Waals surface area contributed by atoms with Crippen molar-refractivity contribution in [1.29, 1.82) is 0 Å². The monoisotopic (exact) mass is 242 g/mol. The maximum absolute atomic E-state index is 11.8. The van der Waals surface area contributed by atoms with Crippen LogP contribution in [0.4, 0.5) is 4.79 Å². The topological polar surface area (TPSA) is 73.6 Å². The first kappa shape index (κ1) is 12.6. The lowest BCUT2D eigenvalue weighted by molar-refractivity contribution is 0.0329. The Kier molecular flexibility index (Phi) is 4.23. The average molecular weight is 242 g/mol. The third kappa shape index (κ3) is 3.33. The predicted octanol–water partition coefficient (Wildman–Crippen LogP) is 1.16. The second-order valence-corrected chi connectivity index (χ2v) is 5.03. The van der Waals surface area contributed by atoms with E-state index in [1.807, 2.05) is 0 Å². The van der Waals surface area contributed by atoms with Gasteiger partial charge in [-0.2, -0.15) is 0 Å². The molecule has 5 nitrogen and oxygen atoms in total. The van der Waals surface area contributed by atoms with E-state index in [9.17, 15) is 4.79 Å². The van der Waals surface area contributed by atoms with Crippen molar-refractivity contribution >= 4 is 6.09 Å². The second kappa shape index (κ2) is 5.69. The lowest BCUT2D eigenvalue weighted by atomic mass is 9.90. The van der Waals surface area contributed by atoms with Crippen molar-refractivity contribution < 1.29 is 14.3 Å². The van der Waals surface area contributed by atoms with Gasteiger partial charge in [-0.3, -0.25) is 0 Å². The number of carbonyl (C=O) groups excluding carboxylic acids is 1. The second-order valence-electron chi connectivity index (χ2n) is 5.03. The molecule has 5 heteroatoms. The van der Waals surface area contributed by atoms with Crippen LogP contribution in [0, 0.1) is 0 Å². The van der Waals surface area contributed by atoms with E-state index in [1.54, 1.807) is 0 Å². The molecule has 1 aliphatic heterocycles. The van der Waals surface area contributed by atoms with Crippen molar-refractivity contribution in [3.8, 4) is 0 Å². The first-order valence-corrected chi connectivity index (χ1v) is 6.51. The van der Waals surface area contributed by atoms with Crippen LogP contribution in [0.25, 0.3) is 0 Å². The van der Waals surface area contributed by atoms with E-state index in [0.717, 1.165) is 38.5 Å². The van der Waals surface area contributed by atoms with E-state index in [1.165, 1.54) is 0 Å². The molecule has 1 amide bonds. The molecule has 1 saturated carbocycles. The Bertz CT molecular complexity index is 258. The zero-order valence-electron chi connectivity index (χ0n) is 10.2. The van der Waals surface area contributed by atoms with Crippen LogP contribution in [-0.2, 0) is 9.47 Å². The van der Waals surface area contributed by atoms with Crippen LogP contribution in [0.15, 0.2) is 0 Å². The van der Waals surface area contributed by atoms with Crippen molar-refractivity contribution in [3.63, 3.8) is 0 Å². The van der Waals surface area contributed by atoms with E-state index in [0.29, 0.717) is 19.8 Å². The van der Waals surface area contributed by atoms with Crippen LogP contribution in [0.3, 0.4) is 0 Å². The quantitative estimate of drug-likeness (QED) is 0.779. The highest BCUT2D eigenvalue weighted by Gasteiger charge is 2.34. The van der Waals surface area contributed by atoms with Gasteiger partial charge in [0.05, 0.1) is 5.54 Å². The fourth-order valence-corrected chi connectivity index (χ4v) is 2.55. The van der Waals surface area contributed by atoms with Crippen molar-refractivity contribution in [2.24, 2.45) is 5.73 Å². The molecule has 2 fully saturated rings. The van der Waals surface area contributed by atoms with E-state index in [-0.39, 0.29) is 17.7 Å². The summed E-state index contributed by atoms with van der Waals surface area (Å²) >= 11 is 0. The molecule has 3 N–H and O–H groups in total. The number of hydrogen-bond acceptors (Lipinski definition) is 4. The lowest BCUT2D eigenvalue weighted by Crippen LogP contribution is -2.57. The molecule has 1 aliphatic carbocycles. The minimum Gasteiger partial charge on any atom is -0.446 e. The molecule has 2 aliphatic rings. The van der Waals surface area contributed by atoms with Crippen LogP contribution in [-0.4, -0.2) is 37.5 Å². The fraction of sp³-hybridized carbons (Fsp3) is 0.917. The minimum absolute atomic E-state index is 0.102. The zero-order valence-corrected chi connectivity index (χ0v) is 10.2. The number of nitrogens with one attached hydrogen (secondary N) is 1. The summed E-state index contributed by atoms with van der Waals surface area (Å²) in [7, 11) is 0. The number of alkyl carbamates (subject to hydrolysis) is 1. The molecule has 0 aromatic rings. The number of nitrogens with two attached hydrogens (primary N) is 1. The normalized spacial score (nSPS) is 24.5. The van der Waals surface area contributed by atoms with Gasteiger partial charge < -0.3 is 20.5 Å². The SMILES string of the molecule is NCC1(NC(=O)OC2CCCC2)CCOCC1. The summed E-state index contributed by atoms with van der Waals surface area (Å²) in [6, 6.07) is 0. The molecule has 0 unspecified atom stereocenters. The van der Waals surface area contributed by atoms with Gasteiger partial charge >= 0.3 is 6.09 Å². The molecular weight excluding hydrogens is 220 g/mol. The van der Waals surface area contributed by atoms with E-state index < -0.39 is 0 Å². The van der Waals surface area contributed by atoms with Crippen molar-refractivity contribution in [3.05, 3.63) is 0 Å². The zero-order chi connectivity index (χ0) is 12.1. The Hall–Kier alpha value is -0.810. The molecule has 0 radical (unpaired) electrons. The van der Waals surface area contributed by atoms with Gasteiger partial charge in [0.2, 0.25) is 0 Å². The van der Waals surface area contributed by atoms with Crippen LogP contribution in [0.2, 0.25) is 0 Å². The molecule has 2 rings (SSSR count). The summed E-state index contributed by atoms with van der Waals surface area (Å²) in [6.45, 7) is 1.75. The number of ether oxygens (including phenoxy) is 2. The van der Waals surface area contributed by atoms with Gasteiger partial charge in [0, 0.05) is 19.8 Å². The standard InChI is InChI=1S/C12H22N2O3/c13-9-12(5-7-16-8-6-12)14-11(15)17-10-3-1-2-4-10/h10H,1-9,13H2,(H,14,15). The summed E-state index contributed by atoms with van der Waals surface area (Å²) in [4.78, 5) is 11.8. The predicted molar refractivity (Wildman–Crippen MR) is 63.7 cm³/mol. The summed E-state index contributed by atoms with van der Waals surface area (Å²) in [5.41, 5.74) is 5.44. The highest BCUT2D eigenvalue weighted by Crippen LogP contribution is 2.23. The van der Waals surface area contributed by atoms with Gasteiger partial charge in [-0.25, -0.2) is 4.79 Å². The summed E-state index contributed by atoms with van der Waals surface area (Å²) in [5, 5.41) is 2.94. The molecule has 0 bridgehead atoms. The van der Waals surface area contributed by atoms with Crippen LogP contribution >= 0.6 is 0 Å². The smallest absolute Gasteiger partial charge is 0.407 e. The largest absolute Gasteiger partial charge is 0.446 e. The number of hydrogen-bond donors (Lipinski definition) is 2. The Labute approximate surface area is 102 Å². The minimum atomic E-state index is -0.325. The first-order chi connectivity index (χ1) is 8.24. The van der Waals surface area contributed by atoms with Gasteiger partial charge in [-0.05, 0) is 38.5 Å². The molecule has 0 spiro atoms. The maximum Gasteiger partial charge on any atom is 0.407 e. The van der Waals surface area contributed by atoms with Gasteiger partial charge in [0.25, 0.3) is 0 Å². The Balaban J connectivity index is 1.82. The van der Waals surface area contributed by atoms with Crippen molar-refractivity contribution in [1.82, 2.24) is 5.32 Å². The first-order valence-electron chi connectivity index (χ1n) is 6.51. The van der Waals surface area contributed by atoms with Gasteiger partial charge in [0.15, 0.2) is 0 Å². The van der Waals surface area contributed by atoms with Gasteiger partial charge in [-0.1, -0.05) is 0 Å². The Morgan fingerprint density at radius 1 is 1.35 bits per heavy atom. The number of carbonyl (C=O) groups is 1. The molecule has 0 aromatic heterocycles. The van der Waals surface area contributed by atoms with Crippen molar-refractivity contribution in [2.75, 3.05) is 19.8 Å². The number of amides is 1.